The molecule has 0 saturated heterocycles. The molecule has 0 heterocycles. The maximum absolute atomic E-state index is 11.5. The smallest absolute Gasteiger partial charge is 0.235 e. The topological polar surface area (TPSA) is 99.1 Å². The van der Waals surface area contributed by atoms with Crippen molar-refractivity contribution in [2.24, 2.45) is 0 Å². The van der Waals surface area contributed by atoms with Crippen LogP contribution >= 0.6 is 0 Å². The molecule has 0 fully saturated rings. The Labute approximate surface area is 102 Å². The summed E-state index contributed by atoms with van der Waals surface area (Å²) in [6.07, 6.45) is 0.187. The average molecular weight is 261 g/mol. The molecule has 1 atom stereocenters. The van der Waals surface area contributed by atoms with Crippen LogP contribution in [-0.2, 0) is 14.8 Å². The van der Waals surface area contributed by atoms with Gasteiger partial charge < -0.3 is 5.32 Å². The summed E-state index contributed by atoms with van der Waals surface area (Å²) in [6.45, 7) is 6.64. The number of nitrogens with one attached hydrogen (secondary N) is 2. The zero-order valence-corrected chi connectivity index (χ0v) is 11.4. The largest absolute Gasteiger partial charge is 0.350 e. The van der Waals surface area contributed by atoms with E-state index in [-0.39, 0.29) is 13.0 Å². The Hall–Kier alpha value is -1.13. The van der Waals surface area contributed by atoms with Crippen LogP contribution in [0.15, 0.2) is 0 Å². The van der Waals surface area contributed by atoms with E-state index in [0.717, 1.165) is 0 Å². The first kappa shape index (κ1) is 15.9. The Bertz CT molecular complexity index is 403. The molecule has 0 radical (unpaired) electrons. The van der Waals surface area contributed by atoms with E-state index in [1.165, 1.54) is 0 Å². The van der Waals surface area contributed by atoms with E-state index in [9.17, 15) is 13.2 Å². The molecule has 0 aromatic heterocycles. The van der Waals surface area contributed by atoms with Crippen molar-refractivity contribution in [3.63, 3.8) is 0 Å². The van der Waals surface area contributed by atoms with Gasteiger partial charge in [0.2, 0.25) is 15.9 Å². The Kier molecular flexibility index (Phi) is 5.58. The standard InChI is InChI=1S/C10H19N3O3S/c1-5-8(6-11)17(15,16)12-7-9(14)13-10(2,3)4/h8,12H,5,7H2,1-4H3,(H,13,14). The SMILES string of the molecule is CCC(C#N)S(=O)(=O)NCC(=O)NC(C)(C)C. The van der Waals surface area contributed by atoms with Crippen LogP contribution in [0.25, 0.3) is 0 Å². The van der Waals surface area contributed by atoms with Crippen molar-refractivity contribution in [2.45, 2.75) is 44.9 Å². The zero-order chi connectivity index (χ0) is 13.7. The van der Waals surface area contributed by atoms with E-state index in [0.29, 0.717) is 0 Å². The van der Waals surface area contributed by atoms with Gasteiger partial charge in [-0.3, -0.25) is 4.79 Å². The maximum Gasteiger partial charge on any atom is 0.235 e. The monoisotopic (exact) mass is 261 g/mol. The van der Waals surface area contributed by atoms with Gasteiger partial charge >= 0.3 is 0 Å². The van der Waals surface area contributed by atoms with Crippen LogP contribution < -0.4 is 10.0 Å². The maximum atomic E-state index is 11.5. The molecule has 0 aliphatic carbocycles. The average Bonchev–Trinajstić information content (AvgIpc) is 2.14. The van der Waals surface area contributed by atoms with Gasteiger partial charge in [0.1, 0.15) is 0 Å². The Morgan fingerprint density at radius 2 is 1.94 bits per heavy atom. The van der Waals surface area contributed by atoms with E-state index >= 15 is 0 Å². The molecule has 2 N–H and O–H groups in total. The molecule has 0 aromatic carbocycles. The molecule has 0 aromatic rings. The normalized spacial score (nSPS) is 13.8. The van der Waals surface area contributed by atoms with Gasteiger partial charge in [-0.25, -0.2) is 13.1 Å². The molecular weight excluding hydrogens is 242 g/mol. The first-order chi connectivity index (χ1) is 7.62. The number of nitrogens with zero attached hydrogens (tertiary/aromatic N) is 1. The number of sulfonamides is 1. The van der Waals surface area contributed by atoms with Gasteiger partial charge in [-0.2, -0.15) is 5.26 Å². The molecule has 1 unspecified atom stereocenters. The second-order valence-corrected chi connectivity index (χ2v) is 6.64. The summed E-state index contributed by atoms with van der Waals surface area (Å²) in [5.41, 5.74) is -0.415. The van der Waals surface area contributed by atoms with E-state index in [1.54, 1.807) is 33.8 Å². The number of nitriles is 1. The van der Waals surface area contributed by atoms with Crippen LogP contribution in [0.3, 0.4) is 0 Å². The van der Waals surface area contributed by atoms with Crippen molar-refractivity contribution in [3.8, 4) is 6.07 Å². The van der Waals surface area contributed by atoms with Crippen molar-refractivity contribution in [1.29, 1.82) is 5.26 Å². The van der Waals surface area contributed by atoms with E-state index in [2.05, 4.69) is 10.0 Å². The first-order valence-electron chi connectivity index (χ1n) is 5.31. The lowest BCUT2D eigenvalue weighted by Gasteiger charge is -2.20. The fraction of sp³-hybridized carbons (Fsp3) is 0.800. The molecule has 0 bridgehead atoms. The predicted octanol–water partition coefficient (Wildman–Crippen LogP) is 0.123. The molecule has 1 amide bonds. The van der Waals surface area contributed by atoms with Gasteiger partial charge in [0.15, 0.2) is 5.25 Å². The lowest BCUT2D eigenvalue weighted by molar-refractivity contribution is -0.121. The van der Waals surface area contributed by atoms with Crippen LogP contribution in [0.2, 0.25) is 0 Å². The summed E-state index contributed by atoms with van der Waals surface area (Å²) in [5, 5.41) is 10.1. The van der Waals surface area contributed by atoms with Crippen LogP contribution in [0.1, 0.15) is 34.1 Å². The molecule has 0 saturated carbocycles. The van der Waals surface area contributed by atoms with Gasteiger partial charge in [0, 0.05) is 5.54 Å². The van der Waals surface area contributed by atoms with Crippen LogP contribution in [0.5, 0.6) is 0 Å². The highest BCUT2D eigenvalue weighted by molar-refractivity contribution is 7.90. The van der Waals surface area contributed by atoms with Crippen molar-refractivity contribution in [2.75, 3.05) is 6.54 Å². The summed E-state index contributed by atoms with van der Waals surface area (Å²) in [7, 11) is -3.75. The Morgan fingerprint density at radius 3 is 2.29 bits per heavy atom. The van der Waals surface area contributed by atoms with Crippen molar-refractivity contribution in [1.82, 2.24) is 10.0 Å². The quantitative estimate of drug-likeness (QED) is 0.734. The number of carbonyl (C=O) groups is 1. The summed E-state index contributed by atoms with van der Waals surface area (Å²) in [5.74, 6) is -0.422. The number of carbonyl (C=O) groups excluding carboxylic acids is 1. The highest BCUT2D eigenvalue weighted by Gasteiger charge is 2.24. The summed E-state index contributed by atoms with van der Waals surface area (Å²) in [4.78, 5) is 11.4. The van der Waals surface area contributed by atoms with E-state index < -0.39 is 26.7 Å². The summed E-state index contributed by atoms with van der Waals surface area (Å²) in [6, 6.07) is 1.68. The third-order valence-corrected chi connectivity index (χ3v) is 3.57. The predicted molar refractivity (Wildman–Crippen MR) is 64.5 cm³/mol. The third kappa shape index (κ3) is 6.24. The number of amides is 1. The van der Waals surface area contributed by atoms with Crippen molar-refractivity contribution >= 4 is 15.9 Å². The number of hydrogen-bond donors (Lipinski definition) is 2. The molecule has 98 valence electrons. The fourth-order valence-corrected chi connectivity index (χ4v) is 2.22. The van der Waals surface area contributed by atoms with Gasteiger partial charge in [-0.15, -0.1) is 0 Å². The minimum Gasteiger partial charge on any atom is -0.350 e. The second kappa shape index (κ2) is 5.98. The van der Waals surface area contributed by atoms with Crippen LogP contribution in [-0.4, -0.2) is 31.7 Å². The van der Waals surface area contributed by atoms with Crippen molar-refractivity contribution < 1.29 is 13.2 Å². The zero-order valence-electron chi connectivity index (χ0n) is 10.6. The second-order valence-electron chi connectivity index (χ2n) is 4.69. The van der Waals surface area contributed by atoms with E-state index in [4.69, 9.17) is 5.26 Å². The van der Waals surface area contributed by atoms with E-state index in [1.807, 2.05) is 0 Å². The summed E-state index contributed by atoms with van der Waals surface area (Å²) < 4.78 is 25.2. The molecule has 0 aliphatic heterocycles. The van der Waals surface area contributed by atoms with Crippen LogP contribution in [0.4, 0.5) is 0 Å². The van der Waals surface area contributed by atoms with Gasteiger partial charge in [0.25, 0.3) is 0 Å². The van der Waals surface area contributed by atoms with Gasteiger partial charge in [-0.1, -0.05) is 6.92 Å². The third-order valence-electron chi connectivity index (χ3n) is 1.84. The van der Waals surface area contributed by atoms with Gasteiger partial charge in [0.05, 0.1) is 12.6 Å². The molecular formula is C10H19N3O3S. The molecule has 7 heteroatoms. The first-order valence-corrected chi connectivity index (χ1v) is 6.86. The lowest BCUT2D eigenvalue weighted by Crippen LogP contribution is -2.47. The number of hydrogen-bond acceptors (Lipinski definition) is 4. The highest BCUT2D eigenvalue weighted by atomic mass is 32.2. The minimum atomic E-state index is -3.75. The fourth-order valence-electron chi connectivity index (χ4n) is 1.11. The molecule has 6 nitrogen and oxygen atoms in total. The summed E-state index contributed by atoms with van der Waals surface area (Å²) >= 11 is 0. The molecule has 0 spiro atoms. The molecule has 17 heavy (non-hydrogen) atoms. The highest BCUT2D eigenvalue weighted by Crippen LogP contribution is 2.02. The van der Waals surface area contributed by atoms with Crippen molar-refractivity contribution in [3.05, 3.63) is 0 Å². The minimum absolute atomic E-state index is 0.187. The number of rotatable bonds is 5. The lowest BCUT2D eigenvalue weighted by atomic mass is 10.1. The van der Waals surface area contributed by atoms with Crippen LogP contribution in [0, 0.1) is 11.3 Å². The molecule has 0 rings (SSSR count). The molecule has 0 aliphatic rings. The Balaban J connectivity index is 4.40. The Morgan fingerprint density at radius 1 is 1.41 bits per heavy atom. The van der Waals surface area contributed by atoms with Gasteiger partial charge in [-0.05, 0) is 27.2 Å².